The van der Waals surface area contributed by atoms with Crippen molar-refractivity contribution >= 4 is 27.7 Å². The van der Waals surface area contributed by atoms with Gasteiger partial charge < -0.3 is 23.4 Å². The molecule has 0 amide bonds. The number of alkyl halides is 3. The van der Waals surface area contributed by atoms with Gasteiger partial charge in [0.15, 0.2) is 11.5 Å². The molecule has 0 saturated carbocycles. The number of esters is 1. The lowest BCUT2D eigenvalue weighted by Crippen LogP contribution is -2.16. The van der Waals surface area contributed by atoms with E-state index in [-0.39, 0.29) is 46.8 Å². The molecule has 0 aliphatic rings. The van der Waals surface area contributed by atoms with Gasteiger partial charge in [0.05, 0.1) is 31.8 Å². The molecule has 4 aromatic carbocycles. The summed E-state index contributed by atoms with van der Waals surface area (Å²) in [5.74, 6) is -1.06. The molecule has 42 heavy (non-hydrogen) atoms. The van der Waals surface area contributed by atoms with Crippen LogP contribution in [0.4, 0.5) is 13.2 Å². The molecule has 0 fully saturated rings. The molecule has 0 unspecified atom stereocenters. The zero-order chi connectivity index (χ0) is 29.9. The molecule has 7 nitrogen and oxygen atoms in total. The first-order valence-electron chi connectivity index (χ1n) is 12.9. The predicted molar refractivity (Wildman–Crippen MR) is 150 cm³/mol. The Balaban J connectivity index is 1.32. The van der Waals surface area contributed by atoms with E-state index in [9.17, 15) is 22.8 Å². The molecular formula is C32H25F3O7. The Kier molecular flexibility index (Phi) is 8.06. The monoisotopic (exact) mass is 578 g/mol. The van der Waals surface area contributed by atoms with Crippen molar-refractivity contribution in [3.63, 3.8) is 0 Å². The van der Waals surface area contributed by atoms with E-state index in [1.165, 1.54) is 44.6 Å². The third kappa shape index (κ3) is 6.02. The fourth-order valence-electron chi connectivity index (χ4n) is 4.54. The third-order valence-electron chi connectivity index (χ3n) is 6.54. The molecule has 0 saturated heterocycles. The molecular weight excluding hydrogens is 553 g/mol. The van der Waals surface area contributed by atoms with E-state index >= 15 is 0 Å². The Labute approximate surface area is 238 Å². The Bertz CT molecular complexity index is 1830. The highest BCUT2D eigenvalue weighted by molar-refractivity contribution is 5.86. The molecule has 0 atom stereocenters. The van der Waals surface area contributed by atoms with Crippen LogP contribution in [0.2, 0.25) is 0 Å². The highest BCUT2D eigenvalue weighted by Crippen LogP contribution is 2.40. The van der Waals surface area contributed by atoms with E-state index in [1.54, 1.807) is 0 Å². The van der Waals surface area contributed by atoms with Crippen molar-refractivity contribution in [3.8, 4) is 34.1 Å². The maximum Gasteiger partial charge on any atom is 0.450 e. The summed E-state index contributed by atoms with van der Waals surface area (Å²) in [5, 5.41) is 2.00. The topological polar surface area (TPSA) is 84.2 Å². The number of hydrogen-bond donors (Lipinski definition) is 0. The summed E-state index contributed by atoms with van der Waals surface area (Å²) in [7, 11) is 2.71. The summed E-state index contributed by atoms with van der Waals surface area (Å²) in [6.07, 6.45) is -4.64. The molecule has 10 heteroatoms. The average Bonchev–Trinajstić information content (AvgIpc) is 2.98. The van der Waals surface area contributed by atoms with Gasteiger partial charge in [-0.05, 0) is 59.2 Å². The maximum absolute atomic E-state index is 14.1. The number of fused-ring (bicyclic) bond motifs is 2. The van der Waals surface area contributed by atoms with Crippen LogP contribution in [-0.2, 0) is 11.0 Å². The van der Waals surface area contributed by atoms with Gasteiger partial charge in [-0.25, -0.2) is 0 Å². The second-order valence-corrected chi connectivity index (χ2v) is 9.30. The van der Waals surface area contributed by atoms with Crippen LogP contribution < -0.4 is 24.4 Å². The second-order valence-electron chi connectivity index (χ2n) is 9.30. The lowest BCUT2D eigenvalue weighted by atomic mass is 10.0. The Morgan fingerprint density at radius 2 is 1.57 bits per heavy atom. The largest absolute Gasteiger partial charge is 0.494 e. The maximum atomic E-state index is 14.1. The van der Waals surface area contributed by atoms with Crippen LogP contribution in [-0.4, -0.2) is 26.8 Å². The first kappa shape index (κ1) is 28.5. The van der Waals surface area contributed by atoms with Crippen molar-refractivity contribution in [3.05, 3.63) is 94.8 Å². The number of rotatable bonds is 9. The number of methoxy groups -OCH3 is 2. The normalized spacial score (nSPS) is 11.5. The molecule has 0 aliphatic heterocycles. The summed E-state index contributed by atoms with van der Waals surface area (Å²) < 4.78 is 68.8. The highest BCUT2D eigenvalue weighted by Gasteiger charge is 2.39. The molecule has 1 heterocycles. The standard InChI is InChI=1S/C32H25F3O7/c1-38-25-14-10-21(17-27(25)39-2)29-30(37)24-13-12-23(18-26(24)42-31(29)32(33,34)35)41-28(36)8-5-15-40-22-11-9-19-6-3-4-7-20(19)16-22/h3-4,6-7,9-14,16-18H,5,8,15H2,1-2H3. The van der Waals surface area contributed by atoms with Crippen molar-refractivity contribution in [1.82, 2.24) is 0 Å². The minimum atomic E-state index is -4.99. The Morgan fingerprint density at radius 1 is 0.833 bits per heavy atom. The third-order valence-corrected chi connectivity index (χ3v) is 6.54. The van der Waals surface area contributed by atoms with Gasteiger partial charge in [-0.1, -0.05) is 36.4 Å². The van der Waals surface area contributed by atoms with Crippen LogP contribution in [0.25, 0.3) is 32.9 Å². The molecule has 5 aromatic rings. The quantitative estimate of drug-likeness (QED) is 0.102. The molecule has 5 rings (SSSR count). The second kappa shape index (κ2) is 11.9. The average molecular weight is 579 g/mol. The van der Waals surface area contributed by atoms with Gasteiger partial charge in [0.2, 0.25) is 11.2 Å². The van der Waals surface area contributed by atoms with Crippen LogP contribution in [0.5, 0.6) is 23.0 Å². The Morgan fingerprint density at radius 3 is 2.31 bits per heavy atom. The highest BCUT2D eigenvalue weighted by atomic mass is 19.4. The fraction of sp³-hybridized carbons (Fsp3) is 0.188. The number of ether oxygens (including phenoxy) is 4. The Hall–Kier alpha value is -4.99. The van der Waals surface area contributed by atoms with Gasteiger partial charge >= 0.3 is 12.1 Å². The summed E-state index contributed by atoms with van der Waals surface area (Å²) in [5.41, 5.74) is -2.01. The lowest BCUT2D eigenvalue weighted by molar-refractivity contribution is -0.152. The predicted octanol–water partition coefficient (Wildman–Crippen LogP) is 7.41. The molecule has 0 radical (unpaired) electrons. The zero-order valence-corrected chi connectivity index (χ0v) is 22.6. The number of benzene rings is 4. The summed E-state index contributed by atoms with van der Waals surface area (Å²) in [6, 6.07) is 21.2. The van der Waals surface area contributed by atoms with E-state index in [0.29, 0.717) is 12.2 Å². The van der Waals surface area contributed by atoms with Crippen LogP contribution >= 0.6 is 0 Å². The molecule has 0 aliphatic carbocycles. The fourth-order valence-corrected chi connectivity index (χ4v) is 4.54. The lowest BCUT2D eigenvalue weighted by Gasteiger charge is -2.15. The van der Waals surface area contributed by atoms with Gasteiger partial charge in [-0.2, -0.15) is 13.2 Å². The van der Waals surface area contributed by atoms with Gasteiger partial charge in [-0.3, -0.25) is 9.59 Å². The summed E-state index contributed by atoms with van der Waals surface area (Å²) in [4.78, 5) is 25.7. The SMILES string of the molecule is COc1ccc(-c2c(C(F)(F)F)oc3cc(OC(=O)CCCOc4ccc5ccccc5c4)ccc3c2=O)cc1OC. The minimum Gasteiger partial charge on any atom is -0.494 e. The van der Waals surface area contributed by atoms with Crippen molar-refractivity contribution in [1.29, 1.82) is 0 Å². The minimum absolute atomic E-state index is 0.00160. The molecule has 1 aromatic heterocycles. The van der Waals surface area contributed by atoms with Crippen molar-refractivity contribution in [2.45, 2.75) is 19.0 Å². The summed E-state index contributed by atoms with van der Waals surface area (Å²) >= 11 is 0. The van der Waals surface area contributed by atoms with Crippen LogP contribution in [0.15, 0.2) is 88.1 Å². The smallest absolute Gasteiger partial charge is 0.450 e. The van der Waals surface area contributed by atoms with Crippen LogP contribution in [0, 0.1) is 0 Å². The molecule has 216 valence electrons. The van der Waals surface area contributed by atoms with Gasteiger partial charge in [-0.15, -0.1) is 0 Å². The van der Waals surface area contributed by atoms with E-state index < -0.39 is 28.9 Å². The van der Waals surface area contributed by atoms with Gasteiger partial charge in [0, 0.05) is 12.5 Å². The zero-order valence-electron chi connectivity index (χ0n) is 22.6. The van der Waals surface area contributed by atoms with Crippen molar-refractivity contribution < 1.29 is 41.3 Å². The number of halogens is 3. The van der Waals surface area contributed by atoms with Crippen molar-refractivity contribution in [2.75, 3.05) is 20.8 Å². The first-order valence-corrected chi connectivity index (χ1v) is 12.9. The summed E-state index contributed by atoms with van der Waals surface area (Å²) in [6.45, 7) is 0.258. The van der Waals surface area contributed by atoms with Crippen molar-refractivity contribution in [2.24, 2.45) is 0 Å². The van der Waals surface area contributed by atoms with Gasteiger partial charge in [0.25, 0.3) is 0 Å². The molecule has 0 N–H and O–H groups in total. The van der Waals surface area contributed by atoms with Crippen LogP contribution in [0.1, 0.15) is 18.6 Å². The number of hydrogen-bond acceptors (Lipinski definition) is 7. The van der Waals surface area contributed by atoms with E-state index in [2.05, 4.69) is 0 Å². The van der Waals surface area contributed by atoms with Gasteiger partial charge in [0.1, 0.15) is 17.1 Å². The molecule has 0 bridgehead atoms. The number of carbonyl (C=O) groups excluding carboxylic acids is 1. The first-order chi connectivity index (χ1) is 20.2. The number of carbonyl (C=O) groups is 1. The van der Waals surface area contributed by atoms with E-state index in [1.807, 2.05) is 42.5 Å². The van der Waals surface area contributed by atoms with E-state index in [0.717, 1.165) is 16.8 Å². The van der Waals surface area contributed by atoms with E-state index in [4.69, 9.17) is 23.4 Å². The van der Waals surface area contributed by atoms with Crippen LogP contribution in [0.3, 0.4) is 0 Å². The molecule has 0 spiro atoms.